The van der Waals surface area contributed by atoms with E-state index in [1.165, 1.54) is 38.3 Å². The number of aromatic nitrogens is 5. The minimum atomic E-state index is -0.967. The van der Waals surface area contributed by atoms with Crippen LogP contribution in [0.4, 0.5) is 0 Å². The van der Waals surface area contributed by atoms with Gasteiger partial charge in [-0.1, -0.05) is 48.7 Å². The van der Waals surface area contributed by atoms with E-state index in [1.54, 1.807) is 9.36 Å². The second-order valence-electron chi connectivity index (χ2n) is 10.7. The number of aromatic carboxylic acids is 1. The predicted molar refractivity (Wildman–Crippen MR) is 144 cm³/mol. The van der Waals surface area contributed by atoms with Crippen LogP contribution < -0.4 is 4.74 Å². The first-order valence-electron chi connectivity index (χ1n) is 13.5. The van der Waals surface area contributed by atoms with Crippen LogP contribution in [-0.2, 0) is 7.05 Å². The number of rotatable bonds is 8. The summed E-state index contributed by atoms with van der Waals surface area (Å²) in [5.41, 5.74) is 4.78. The third-order valence-electron chi connectivity index (χ3n) is 8.09. The van der Waals surface area contributed by atoms with Crippen molar-refractivity contribution in [3.8, 4) is 22.6 Å². The van der Waals surface area contributed by atoms with Crippen LogP contribution in [-0.4, -0.2) is 42.0 Å². The Labute approximate surface area is 222 Å². The molecule has 0 amide bonds. The van der Waals surface area contributed by atoms with Crippen molar-refractivity contribution in [1.29, 1.82) is 0 Å². The summed E-state index contributed by atoms with van der Waals surface area (Å²) in [7, 11) is 1.84. The predicted octanol–water partition coefficient (Wildman–Crippen LogP) is 5.98. The van der Waals surface area contributed by atoms with Crippen LogP contribution in [0.1, 0.15) is 79.0 Å². The van der Waals surface area contributed by atoms with Crippen LogP contribution in [0, 0.1) is 5.92 Å². The summed E-state index contributed by atoms with van der Waals surface area (Å²) >= 11 is 0. The lowest BCUT2D eigenvalue weighted by Gasteiger charge is -2.28. The molecule has 38 heavy (non-hydrogen) atoms. The highest BCUT2D eigenvalue weighted by molar-refractivity contribution is 5.89. The van der Waals surface area contributed by atoms with Gasteiger partial charge in [-0.05, 0) is 67.5 Å². The Bertz CT molecular complexity index is 1430. The quantitative estimate of drug-likeness (QED) is 0.312. The molecule has 0 spiro atoms. The summed E-state index contributed by atoms with van der Waals surface area (Å²) < 4.78 is 9.73. The first-order valence-corrected chi connectivity index (χ1v) is 13.5. The number of hydrogen-bond donors (Lipinski definition) is 1. The summed E-state index contributed by atoms with van der Waals surface area (Å²) in [5.74, 6) is 0.743. The van der Waals surface area contributed by atoms with Gasteiger partial charge in [0.25, 0.3) is 0 Å². The molecule has 0 aliphatic heterocycles. The van der Waals surface area contributed by atoms with Crippen molar-refractivity contribution in [2.24, 2.45) is 13.0 Å². The molecule has 2 unspecified atom stereocenters. The van der Waals surface area contributed by atoms with E-state index in [0.717, 1.165) is 34.7 Å². The third kappa shape index (κ3) is 4.83. The number of carboxylic acid groups (broad SMARTS) is 1. The molecule has 2 aliphatic carbocycles. The summed E-state index contributed by atoms with van der Waals surface area (Å²) in [4.78, 5) is 12.0. The van der Waals surface area contributed by atoms with E-state index in [9.17, 15) is 9.90 Å². The molecule has 2 fully saturated rings. The number of carbonyl (C=O) groups is 1. The molecule has 0 radical (unpaired) electrons. The van der Waals surface area contributed by atoms with Gasteiger partial charge < -0.3 is 9.84 Å². The van der Waals surface area contributed by atoms with E-state index in [0.29, 0.717) is 11.6 Å². The average Bonchev–Trinajstić information content (AvgIpc) is 3.38. The Morgan fingerprint density at radius 1 is 1.05 bits per heavy atom. The third-order valence-corrected chi connectivity index (χ3v) is 8.09. The molecule has 2 aromatic heterocycles. The van der Waals surface area contributed by atoms with E-state index >= 15 is 0 Å². The molecule has 2 aromatic carbocycles. The zero-order valence-corrected chi connectivity index (χ0v) is 21.8. The highest BCUT2D eigenvalue weighted by Crippen LogP contribution is 2.55. The maximum atomic E-state index is 12.0. The van der Waals surface area contributed by atoms with Crippen LogP contribution in [0.2, 0.25) is 0 Å². The maximum absolute atomic E-state index is 12.0. The van der Waals surface area contributed by atoms with E-state index in [-0.39, 0.29) is 23.5 Å². The summed E-state index contributed by atoms with van der Waals surface area (Å²) in [6, 6.07) is 16.3. The Morgan fingerprint density at radius 3 is 2.55 bits per heavy atom. The standard InChI is InChI=1S/C30H33N5O3/c1-19(20-7-4-3-5-8-20)38-24-13-11-21(12-14-24)22-9-6-10-23(15-22)35-29(27(17-31-35)30(36)37)26-16-25(26)28-18-34(2)33-32-28/h6,9-15,17-20,25-26H,3-5,7-8,16H2,1-2H3,(H,36,37)/t19?,25-,26?/m0/s1. The number of hydrogen-bond acceptors (Lipinski definition) is 5. The van der Waals surface area contributed by atoms with Crippen LogP contribution in [0.5, 0.6) is 5.75 Å². The van der Waals surface area contributed by atoms with Crippen LogP contribution in [0.25, 0.3) is 16.8 Å². The van der Waals surface area contributed by atoms with Gasteiger partial charge in [-0.25, -0.2) is 9.48 Å². The molecular formula is C30H33N5O3. The highest BCUT2D eigenvalue weighted by atomic mass is 16.5. The monoisotopic (exact) mass is 511 g/mol. The number of benzene rings is 2. The fraction of sp³-hybridized carbons (Fsp3) is 0.400. The number of carboxylic acids is 1. The molecule has 2 aliphatic rings. The van der Waals surface area contributed by atoms with Crippen LogP contribution >= 0.6 is 0 Å². The molecule has 196 valence electrons. The Morgan fingerprint density at radius 2 is 1.84 bits per heavy atom. The van der Waals surface area contributed by atoms with Gasteiger partial charge in [0.2, 0.25) is 0 Å². The summed E-state index contributed by atoms with van der Waals surface area (Å²) in [6.07, 6.45) is 10.9. The minimum absolute atomic E-state index is 0.0338. The van der Waals surface area contributed by atoms with Crippen molar-refractivity contribution in [3.63, 3.8) is 0 Å². The highest BCUT2D eigenvalue weighted by Gasteiger charge is 2.46. The van der Waals surface area contributed by atoms with Gasteiger partial charge in [-0.2, -0.15) is 5.10 Å². The Hall–Kier alpha value is -3.94. The van der Waals surface area contributed by atoms with Crippen molar-refractivity contribution >= 4 is 5.97 Å². The topological polar surface area (TPSA) is 95.1 Å². The molecule has 0 saturated heterocycles. The lowest BCUT2D eigenvalue weighted by molar-refractivity contribution is 0.0695. The molecule has 3 atom stereocenters. The Balaban J connectivity index is 1.24. The molecule has 0 bridgehead atoms. The lowest BCUT2D eigenvalue weighted by atomic mass is 9.86. The molecule has 1 N–H and O–H groups in total. The largest absolute Gasteiger partial charge is 0.490 e. The molecule has 2 saturated carbocycles. The first-order chi connectivity index (χ1) is 18.5. The van der Waals surface area contributed by atoms with Gasteiger partial charge in [0.15, 0.2) is 0 Å². The second kappa shape index (κ2) is 10.1. The average molecular weight is 512 g/mol. The van der Waals surface area contributed by atoms with Crippen molar-refractivity contribution < 1.29 is 14.6 Å². The normalized spacial score (nSPS) is 20.3. The maximum Gasteiger partial charge on any atom is 0.339 e. The van der Waals surface area contributed by atoms with Crippen molar-refractivity contribution in [1.82, 2.24) is 24.8 Å². The van der Waals surface area contributed by atoms with Crippen molar-refractivity contribution in [2.75, 3.05) is 0 Å². The van der Waals surface area contributed by atoms with Crippen LogP contribution in [0.3, 0.4) is 0 Å². The fourth-order valence-corrected chi connectivity index (χ4v) is 5.90. The zero-order valence-electron chi connectivity index (χ0n) is 21.8. The molecule has 8 heteroatoms. The molecule has 4 aromatic rings. The van der Waals surface area contributed by atoms with Crippen LogP contribution in [0.15, 0.2) is 60.9 Å². The smallest absolute Gasteiger partial charge is 0.339 e. The summed E-state index contributed by atoms with van der Waals surface area (Å²) in [5, 5.41) is 22.7. The van der Waals surface area contributed by atoms with Gasteiger partial charge in [-0.3, -0.25) is 4.68 Å². The van der Waals surface area contributed by atoms with Crippen molar-refractivity contribution in [2.45, 2.75) is 63.4 Å². The SMILES string of the molecule is CC(Oc1ccc(-c2cccc(-n3ncc(C(=O)O)c3C3C[C@@H]3c3cn(C)nn3)c2)cc1)C1CCCCC1. The molecule has 6 rings (SSSR count). The van der Waals surface area contributed by atoms with Gasteiger partial charge in [0.05, 0.1) is 29.4 Å². The van der Waals surface area contributed by atoms with Gasteiger partial charge in [-0.15, -0.1) is 5.10 Å². The van der Waals surface area contributed by atoms with E-state index < -0.39 is 5.97 Å². The first kappa shape index (κ1) is 24.4. The molecule has 8 nitrogen and oxygen atoms in total. The zero-order chi connectivity index (χ0) is 26.2. The van der Waals surface area contributed by atoms with E-state index in [2.05, 4.69) is 46.6 Å². The van der Waals surface area contributed by atoms with Crippen molar-refractivity contribution in [3.05, 3.63) is 77.9 Å². The number of nitrogens with zero attached hydrogens (tertiary/aromatic N) is 5. The van der Waals surface area contributed by atoms with Gasteiger partial charge >= 0.3 is 5.97 Å². The Kier molecular flexibility index (Phi) is 6.47. The lowest BCUT2D eigenvalue weighted by Crippen LogP contribution is -2.25. The van der Waals surface area contributed by atoms with E-state index in [1.807, 2.05) is 37.5 Å². The molecular weight excluding hydrogens is 478 g/mol. The van der Waals surface area contributed by atoms with Gasteiger partial charge in [0.1, 0.15) is 11.3 Å². The summed E-state index contributed by atoms with van der Waals surface area (Å²) in [6.45, 7) is 2.19. The van der Waals surface area contributed by atoms with E-state index in [4.69, 9.17) is 4.74 Å². The number of ether oxygens (including phenoxy) is 1. The number of aryl methyl sites for hydroxylation is 1. The minimum Gasteiger partial charge on any atom is -0.490 e. The second-order valence-corrected chi connectivity index (χ2v) is 10.7. The fourth-order valence-electron chi connectivity index (χ4n) is 5.90. The van der Waals surface area contributed by atoms with Gasteiger partial charge in [0, 0.05) is 25.1 Å². The molecule has 2 heterocycles.